The average molecular weight is 470 g/mol. The smallest absolute Gasteiger partial charge is 0.309 e. The zero-order chi connectivity index (χ0) is 23.4. The lowest BCUT2D eigenvalue weighted by atomic mass is 9.97. The number of rotatable bonds is 8. The number of nitro benzene ring substituents is 1. The first kappa shape index (κ1) is 22.9. The molecule has 0 atom stereocenters. The summed E-state index contributed by atoms with van der Waals surface area (Å²) < 4.78 is 5.17. The van der Waals surface area contributed by atoms with Gasteiger partial charge in [0.25, 0.3) is 5.69 Å². The fraction of sp³-hybridized carbons (Fsp3) is 0.435. The van der Waals surface area contributed by atoms with Gasteiger partial charge in [0.2, 0.25) is 5.95 Å². The molecule has 0 spiro atoms. The van der Waals surface area contributed by atoms with Crippen LogP contribution in [0.3, 0.4) is 0 Å². The molecule has 1 aromatic carbocycles. The number of aromatic nitrogens is 2. The number of anilines is 2. The standard InChI is InChI=1S/C23H27N5O4S/c1-3-18-13-19-20(24-14-15-6-5-7-17(12-15)28(30)31)25-23(26-21(19)33-18)27-10-8-16(9-11-27)22(29)32-4-2/h5-7,12-13,16H,3-4,8-11,14H2,1-2H3,(H,24,25,26). The Morgan fingerprint density at radius 3 is 2.76 bits per heavy atom. The Bertz CT molecular complexity index is 1160. The number of carbonyl (C=O) groups excluding carboxylic acids is 1. The summed E-state index contributed by atoms with van der Waals surface area (Å²) in [5, 5.41) is 15.4. The number of nitrogens with zero attached hydrogens (tertiary/aromatic N) is 4. The van der Waals surface area contributed by atoms with E-state index in [0.717, 1.165) is 22.2 Å². The fourth-order valence-electron chi connectivity index (χ4n) is 3.95. The summed E-state index contributed by atoms with van der Waals surface area (Å²) in [5.74, 6) is 1.14. The molecular formula is C23H27N5O4S. The molecule has 0 saturated carbocycles. The first-order chi connectivity index (χ1) is 16.0. The van der Waals surface area contributed by atoms with E-state index in [1.807, 2.05) is 13.0 Å². The van der Waals surface area contributed by atoms with Crippen LogP contribution >= 0.6 is 11.3 Å². The Morgan fingerprint density at radius 1 is 1.27 bits per heavy atom. The molecule has 1 fully saturated rings. The first-order valence-corrected chi connectivity index (χ1v) is 12.0. The van der Waals surface area contributed by atoms with Gasteiger partial charge in [-0.25, -0.2) is 4.98 Å². The monoisotopic (exact) mass is 469 g/mol. The normalized spacial score (nSPS) is 14.4. The molecule has 10 heteroatoms. The minimum atomic E-state index is -0.392. The molecule has 0 aliphatic carbocycles. The third-order valence-electron chi connectivity index (χ3n) is 5.76. The molecule has 0 radical (unpaired) electrons. The van der Waals surface area contributed by atoms with Crippen LogP contribution in [-0.4, -0.2) is 40.6 Å². The summed E-state index contributed by atoms with van der Waals surface area (Å²) >= 11 is 1.65. The van der Waals surface area contributed by atoms with E-state index in [0.29, 0.717) is 50.8 Å². The van der Waals surface area contributed by atoms with Gasteiger partial charge in [0.1, 0.15) is 10.6 Å². The summed E-state index contributed by atoms with van der Waals surface area (Å²) in [6.45, 7) is 6.11. The van der Waals surface area contributed by atoms with Crippen LogP contribution in [0, 0.1) is 16.0 Å². The molecule has 3 heterocycles. The first-order valence-electron chi connectivity index (χ1n) is 11.2. The lowest BCUT2D eigenvalue weighted by molar-refractivity contribution is -0.384. The number of benzene rings is 1. The Balaban J connectivity index is 1.56. The van der Waals surface area contributed by atoms with Crippen molar-refractivity contribution in [1.29, 1.82) is 0 Å². The molecular weight excluding hydrogens is 442 g/mol. The second-order valence-electron chi connectivity index (χ2n) is 7.95. The van der Waals surface area contributed by atoms with E-state index in [2.05, 4.69) is 23.2 Å². The molecule has 9 nitrogen and oxygen atoms in total. The SMILES string of the molecule is CCOC(=O)C1CCN(c2nc(NCc3cccc([N+](=O)[O-])c3)c3cc(CC)sc3n2)CC1. The van der Waals surface area contributed by atoms with Crippen LogP contribution in [0.5, 0.6) is 0 Å². The number of nitrogens with one attached hydrogen (secondary N) is 1. The molecule has 0 amide bonds. The molecule has 0 unspecified atom stereocenters. The minimum absolute atomic E-state index is 0.0658. The van der Waals surface area contributed by atoms with Gasteiger partial charge in [0, 0.05) is 36.6 Å². The van der Waals surface area contributed by atoms with E-state index < -0.39 is 4.92 Å². The highest BCUT2D eigenvalue weighted by Crippen LogP contribution is 2.33. The van der Waals surface area contributed by atoms with E-state index in [1.54, 1.807) is 23.5 Å². The van der Waals surface area contributed by atoms with E-state index in [1.165, 1.54) is 10.9 Å². The van der Waals surface area contributed by atoms with Gasteiger partial charge in [-0.3, -0.25) is 14.9 Å². The molecule has 174 valence electrons. The summed E-state index contributed by atoms with van der Waals surface area (Å²) in [6, 6.07) is 8.69. The van der Waals surface area contributed by atoms with Crippen molar-refractivity contribution in [1.82, 2.24) is 9.97 Å². The number of fused-ring (bicyclic) bond motifs is 1. The number of hydrogen-bond donors (Lipinski definition) is 1. The molecule has 1 aliphatic heterocycles. The molecule has 2 aromatic heterocycles. The number of nitro groups is 1. The van der Waals surface area contributed by atoms with E-state index in [9.17, 15) is 14.9 Å². The van der Waals surface area contributed by atoms with Crippen LogP contribution in [0.4, 0.5) is 17.5 Å². The fourth-order valence-corrected chi connectivity index (χ4v) is 4.91. The predicted octanol–water partition coefficient (Wildman–Crippen LogP) is 4.55. The van der Waals surface area contributed by atoms with Gasteiger partial charge in [-0.05, 0) is 37.8 Å². The van der Waals surface area contributed by atoms with Crippen molar-refractivity contribution in [3.63, 3.8) is 0 Å². The highest BCUT2D eigenvalue weighted by molar-refractivity contribution is 7.18. The number of ether oxygens (including phenoxy) is 1. The van der Waals surface area contributed by atoms with Crippen LogP contribution in [0.1, 0.15) is 37.1 Å². The Kier molecular flexibility index (Phi) is 7.02. The number of esters is 1. The van der Waals surface area contributed by atoms with E-state index >= 15 is 0 Å². The van der Waals surface area contributed by atoms with Crippen molar-refractivity contribution in [2.45, 2.75) is 39.7 Å². The number of thiophene rings is 1. The van der Waals surface area contributed by atoms with Gasteiger partial charge in [-0.2, -0.15) is 4.98 Å². The zero-order valence-electron chi connectivity index (χ0n) is 18.7. The van der Waals surface area contributed by atoms with Crippen LogP contribution in [0.25, 0.3) is 10.2 Å². The number of piperidine rings is 1. The summed E-state index contributed by atoms with van der Waals surface area (Å²) in [7, 11) is 0. The summed E-state index contributed by atoms with van der Waals surface area (Å²) in [4.78, 5) is 36.6. The zero-order valence-corrected chi connectivity index (χ0v) is 19.6. The number of non-ortho nitro benzene ring substituents is 1. The molecule has 1 N–H and O–H groups in total. The highest BCUT2D eigenvalue weighted by atomic mass is 32.1. The minimum Gasteiger partial charge on any atom is -0.466 e. The summed E-state index contributed by atoms with van der Waals surface area (Å²) in [5.41, 5.74) is 0.870. The van der Waals surface area contributed by atoms with Crippen molar-refractivity contribution >= 4 is 45.0 Å². The van der Waals surface area contributed by atoms with Gasteiger partial charge in [-0.1, -0.05) is 19.1 Å². The maximum atomic E-state index is 12.1. The largest absolute Gasteiger partial charge is 0.466 e. The van der Waals surface area contributed by atoms with E-state index in [-0.39, 0.29) is 17.6 Å². The number of hydrogen-bond acceptors (Lipinski definition) is 9. The lowest BCUT2D eigenvalue weighted by Crippen LogP contribution is -2.38. The Morgan fingerprint density at radius 2 is 2.06 bits per heavy atom. The van der Waals surface area contributed by atoms with Gasteiger partial charge in [0.15, 0.2) is 0 Å². The maximum absolute atomic E-state index is 12.1. The quantitative estimate of drug-likeness (QED) is 0.291. The van der Waals surface area contributed by atoms with Crippen molar-refractivity contribution in [3.8, 4) is 0 Å². The van der Waals surface area contributed by atoms with Gasteiger partial charge >= 0.3 is 5.97 Å². The van der Waals surface area contributed by atoms with Gasteiger partial charge < -0.3 is 15.0 Å². The second-order valence-corrected chi connectivity index (χ2v) is 9.07. The number of carbonyl (C=O) groups is 1. The van der Waals surface area contributed by atoms with Crippen LogP contribution in [0.15, 0.2) is 30.3 Å². The molecule has 1 aliphatic rings. The van der Waals surface area contributed by atoms with Crippen LogP contribution in [-0.2, 0) is 22.5 Å². The molecule has 4 rings (SSSR count). The second kappa shape index (κ2) is 10.1. The van der Waals surface area contributed by atoms with E-state index in [4.69, 9.17) is 14.7 Å². The number of aryl methyl sites for hydroxylation is 1. The lowest BCUT2D eigenvalue weighted by Gasteiger charge is -2.31. The van der Waals surface area contributed by atoms with Crippen LogP contribution in [0.2, 0.25) is 0 Å². The van der Waals surface area contributed by atoms with Crippen LogP contribution < -0.4 is 10.2 Å². The predicted molar refractivity (Wildman–Crippen MR) is 129 cm³/mol. The third kappa shape index (κ3) is 5.22. The van der Waals surface area contributed by atoms with Gasteiger partial charge in [0.05, 0.1) is 22.8 Å². The van der Waals surface area contributed by atoms with Crippen molar-refractivity contribution in [3.05, 3.63) is 50.9 Å². The maximum Gasteiger partial charge on any atom is 0.309 e. The van der Waals surface area contributed by atoms with Crippen molar-refractivity contribution in [2.75, 3.05) is 29.9 Å². The van der Waals surface area contributed by atoms with Crippen molar-refractivity contribution < 1.29 is 14.5 Å². The molecule has 1 saturated heterocycles. The Hall–Kier alpha value is -3.27. The highest BCUT2D eigenvalue weighted by Gasteiger charge is 2.27. The average Bonchev–Trinajstić information content (AvgIpc) is 3.26. The Labute approximate surface area is 195 Å². The van der Waals surface area contributed by atoms with Crippen molar-refractivity contribution in [2.24, 2.45) is 5.92 Å². The topological polar surface area (TPSA) is 110 Å². The van der Waals surface area contributed by atoms with Gasteiger partial charge in [-0.15, -0.1) is 11.3 Å². The molecule has 0 bridgehead atoms. The third-order valence-corrected chi connectivity index (χ3v) is 6.93. The molecule has 33 heavy (non-hydrogen) atoms. The summed E-state index contributed by atoms with van der Waals surface area (Å²) in [6.07, 6.45) is 2.33. The molecule has 3 aromatic rings.